The Balaban J connectivity index is 2.78. The van der Waals surface area contributed by atoms with E-state index in [-0.39, 0.29) is 12.3 Å². The predicted octanol–water partition coefficient (Wildman–Crippen LogP) is 1.21. The Morgan fingerprint density at radius 3 is 2.47 bits per heavy atom. The van der Waals surface area contributed by atoms with Gasteiger partial charge in [0.25, 0.3) is 0 Å². The van der Waals surface area contributed by atoms with Crippen molar-refractivity contribution in [1.82, 2.24) is 0 Å². The SMILES string of the molecule is COc1ccc(C(CN)CC(=O)O)cc1. The van der Waals surface area contributed by atoms with E-state index in [9.17, 15) is 4.79 Å². The Morgan fingerprint density at radius 2 is 2.07 bits per heavy atom. The second-order valence-corrected chi connectivity index (χ2v) is 3.30. The summed E-state index contributed by atoms with van der Waals surface area (Å²) in [6.07, 6.45) is 0.0584. The van der Waals surface area contributed by atoms with Crippen molar-refractivity contribution in [3.05, 3.63) is 29.8 Å². The molecule has 0 heterocycles. The number of carboxylic acids is 1. The third-order valence-corrected chi connectivity index (χ3v) is 2.29. The predicted molar refractivity (Wildman–Crippen MR) is 57.0 cm³/mol. The largest absolute Gasteiger partial charge is 0.497 e. The van der Waals surface area contributed by atoms with E-state index in [4.69, 9.17) is 15.6 Å². The number of methoxy groups -OCH3 is 1. The summed E-state index contributed by atoms with van der Waals surface area (Å²) < 4.78 is 5.02. The molecule has 82 valence electrons. The van der Waals surface area contributed by atoms with Gasteiger partial charge in [0, 0.05) is 5.92 Å². The summed E-state index contributed by atoms with van der Waals surface area (Å²) in [5.41, 5.74) is 6.46. The lowest BCUT2D eigenvalue weighted by Gasteiger charge is -2.12. The highest BCUT2D eigenvalue weighted by Gasteiger charge is 2.13. The number of hydrogen-bond acceptors (Lipinski definition) is 3. The first-order valence-electron chi connectivity index (χ1n) is 4.73. The number of aliphatic carboxylic acids is 1. The molecule has 0 fully saturated rings. The average Bonchev–Trinajstić information content (AvgIpc) is 2.26. The maximum Gasteiger partial charge on any atom is 0.304 e. The molecule has 3 N–H and O–H groups in total. The number of rotatable bonds is 5. The van der Waals surface area contributed by atoms with Gasteiger partial charge in [0.05, 0.1) is 13.5 Å². The van der Waals surface area contributed by atoms with E-state index in [0.717, 1.165) is 11.3 Å². The van der Waals surface area contributed by atoms with Crippen molar-refractivity contribution >= 4 is 5.97 Å². The van der Waals surface area contributed by atoms with Gasteiger partial charge in [-0.25, -0.2) is 0 Å². The first kappa shape index (κ1) is 11.5. The molecular weight excluding hydrogens is 194 g/mol. The first-order valence-corrected chi connectivity index (χ1v) is 4.73. The van der Waals surface area contributed by atoms with E-state index < -0.39 is 5.97 Å². The summed E-state index contributed by atoms with van der Waals surface area (Å²) in [7, 11) is 1.59. The Labute approximate surface area is 88.7 Å². The van der Waals surface area contributed by atoms with E-state index in [1.165, 1.54) is 0 Å². The second kappa shape index (κ2) is 5.36. The molecule has 15 heavy (non-hydrogen) atoms. The topological polar surface area (TPSA) is 72.5 Å². The number of hydrogen-bond donors (Lipinski definition) is 2. The quantitative estimate of drug-likeness (QED) is 0.764. The van der Waals surface area contributed by atoms with E-state index in [0.29, 0.717) is 6.54 Å². The van der Waals surface area contributed by atoms with Gasteiger partial charge in [-0.15, -0.1) is 0 Å². The molecule has 1 atom stereocenters. The van der Waals surface area contributed by atoms with E-state index in [1.54, 1.807) is 19.2 Å². The van der Waals surface area contributed by atoms with Crippen molar-refractivity contribution in [2.24, 2.45) is 5.73 Å². The van der Waals surface area contributed by atoms with Gasteiger partial charge in [-0.3, -0.25) is 4.79 Å². The van der Waals surface area contributed by atoms with Gasteiger partial charge in [-0.2, -0.15) is 0 Å². The number of carboxylic acid groups (broad SMARTS) is 1. The molecule has 0 aromatic heterocycles. The molecule has 1 aromatic rings. The van der Waals surface area contributed by atoms with Gasteiger partial charge in [0.2, 0.25) is 0 Å². The van der Waals surface area contributed by atoms with Gasteiger partial charge in [-0.1, -0.05) is 12.1 Å². The van der Waals surface area contributed by atoms with E-state index in [1.807, 2.05) is 12.1 Å². The van der Waals surface area contributed by atoms with Crippen molar-refractivity contribution in [3.8, 4) is 5.75 Å². The summed E-state index contributed by atoms with van der Waals surface area (Å²) in [4.78, 5) is 10.6. The van der Waals surface area contributed by atoms with Crippen LogP contribution in [0, 0.1) is 0 Å². The van der Waals surface area contributed by atoms with Crippen LogP contribution in [0.1, 0.15) is 17.9 Å². The zero-order valence-electron chi connectivity index (χ0n) is 8.64. The van der Waals surface area contributed by atoms with Crippen LogP contribution in [0.2, 0.25) is 0 Å². The number of ether oxygens (including phenoxy) is 1. The monoisotopic (exact) mass is 209 g/mol. The summed E-state index contributed by atoms with van der Waals surface area (Å²) >= 11 is 0. The van der Waals surface area contributed by atoms with Crippen molar-refractivity contribution in [3.63, 3.8) is 0 Å². The van der Waals surface area contributed by atoms with Crippen LogP contribution in [0.4, 0.5) is 0 Å². The molecule has 1 rings (SSSR count). The molecular formula is C11H15NO3. The van der Waals surface area contributed by atoms with Crippen molar-refractivity contribution in [2.45, 2.75) is 12.3 Å². The minimum Gasteiger partial charge on any atom is -0.497 e. The highest BCUT2D eigenvalue weighted by atomic mass is 16.5. The van der Waals surface area contributed by atoms with E-state index in [2.05, 4.69) is 0 Å². The maximum atomic E-state index is 10.6. The van der Waals surface area contributed by atoms with Gasteiger partial charge < -0.3 is 15.6 Å². The fourth-order valence-corrected chi connectivity index (χ4v) is 1.42. The lowest BCUT2D eigenvalue weighted by Crippen LogP contribution is -2.16. The third kappa shape index (κ3) is 3.25. The Hall–Kier alpha value is -1.55. The molecule has 0 bridgehead atoms. The fourth-order valence-electron chi connectivity index (χ4n) is 1.42. The molecule has 0 saturated heterocycles. The standard InChI is InChI=1S/C11H15NO3/c1-15-10-4-2-8(3-5-10)9(7-12)6-11(13)14/h2-5,9H,6-7,12H2,1H3,(H,13,14). The molecule has 0 radical (unpaired) electrons. The van der Waals surface area contributed by atoms with Crippen LogP contribution in [0.5, 0.6) is 5.75 Å². The summed E-state index contributed by atoms with van der Waals surface area (Å²) in [5, 5.41) is 8.70. The van der Waals surface area contributed by atoms with Crippen molar-refractivity contribution in [1.29, 1.82) is 0 Å². The zero-order valence-corrected chi connectivity index (χ0v) is 8.64. The van der Waals surface area contributed by atoms with Crippen LogP contribution in [-0.4, -0.2) is 24.7 Å². The number of carbonyl (C=O) groups is 1. The van der Waals surface area contributed by atoms with Gasteiger partial charge in [-0.05, 0) is 24.2 Å². The molecule has 0 saturated carbocycles. The number of nitrogens with two attached hydrogens (primary N) is 1. The average molecular weight is 209 g/mol. The third-order valence-electron chi connectivity index (χ3n) is 2.29. The Kier molecular flexibility index (Phi) is 4.12. The minimum atomic E-state index is -0.832. The number of benzene rings is 1. The van der Waals surface area contributed by atoms with Crippen molar-refractivity contribution in [2.75, 3.05) is 13.7 Å². The molecule has 1 aromatic carbocycles. The molecule has 0 aliphatic rings. The van der Waals surface area contributed by atoms with Crippen molar-refractivity contribution < 1.29 is 14.6 Å². The molecule has 4 heteroatoms. The van der Waals surface area contributed by atoms with Crippen LogP contribution in [0.15, 0.2) is 24.3 Å². The summed E-state index contributed by atoms with van der Waals surface area (Å²) in [6.45, 7) is 0.332. The summed E-state index contributed by atoms with van der Waals surface area (Å²) in [5.74, 6) is -0.209. The molecule has 0 aliphatic carbocycles. The summed E-state index contributed by atoms with van der Waals surface area (Å²) in [6, 6.07) is 7.30. The lowest BCUT2D eigenvalue weighted by molar-refractivity contribution is -0.137. The molecule has 0 aliphatic heterocycles. The van der Waals surface area contributed by atoms with Crippen LogP contribution in [0.25, 0.3) is 0 Å². The molecule has 4 nitrogen and oxygen atoms in total. The van der Waals surface area contributed by atoms with Gasteiger partial charge in [0.1, 0.15) is 5.75 Å². The highest BCUT2D eigenvalue weighted by Crippen LogP contribution is 2.21. The Bertz CT molecular complexity index is 321. The van der Waals surface area contributed by atoms with E-state index >= 15 is 0 Å². The van der Waals surface area contributed by atoms with Crippen LogP contribution >= 0.6 is 0 Å². The van der Waals surface area contributed by atoms with Crippen LogP contribution < -0.4 is 10.5 Å². The lowest BCUT2D eigenvalue weighted by atomic mass is 9.96. The van der Waals surface area contributed by atoms with Gasteiger partial charge >= 0.3 is 5.97 Å². The Morgan fingerprint density at radius 1 is 1.47 bits per heavy atom. The first-order chi connectivity index (χ1) is 7.17. The minimum absolute atomic E-state index is 0.0584. The van der Waals surface area contributed by atoms with Crippen LogP contribution in [0.3, 0.4) is 0 Å². The molecule has 0 amide bonds. The van der Waals surface area contributed by atoms with Gasteiger partial charge in [0.15, 0.2) is 0 Å². The maximum absolute atomic E-state index is 10.6. The van der Waals surface area contributed by atoms with Crippen LogP contribution in [-0.2, 0) is 4.79 Å². The second-order valence-electron chi connectivity index (χ2n) is 3.30. The fraction of sp³-hybridized carbons (Fsp3) is 0.364. The highest BCUT2D eigenvalue weighted by molar-refractivity contribution is 5.68. The smallest absolute Gasteiger partial charge is 0.304 e. The zero-order chi connectivity index (χ0) is 11.3. The normalized spacial score (nSPS) is 12.1. The molecule has 1 unspecified atom stereocenters. The molecule has 0 spiro atoms.